The number of aryl methyl sites for hydroxylation is 1. The van der Waals surface area contributed by atoms with Crippen molar-refractivity contribution in [2.75, 3.05) is 44.9 Å². The van der Waals surface area contributed by atoms with E-state index in [0.29, 0.717) is 18.8 Å². The van der Waals surface area contributed by atoms with Crippen LogP contribution in [0.5, 0.6) is 5.75 Å². The molecule has 2 heterocycles. The van der Waals surface area contributed by atoms with Crippen LogP contribution >= 0.6 is 0 Å². The standard InChI is InChI=1S/C14H23N3O4S/c1-10-14(21-4)12(5-6-15-10)17-7-11(13(18)8-17)9-22(19,20)16(2)3/h5-6,11,13,18H,7-9H2,1-4H3/t11-,13-/m0/s1. The fourth-order valence-corrected chi connectivity index (χ4v) is 3.84. The first kappa shape index (κ1) is 17.0. The van der Waals surface area contributed by atoms with E-state index >= 15 is 0 Å². The van der Waals surface area contributed by atoms with Crippen molar-refractivity contribution in [1.82, 2.24) is 9.29 Å². The molecule has 8 heteroatoms. The lowest BCUT2D eigenvalue weighted by molar-refractivity contribution is 0.157. The predicted octanol–water partition coefficient (Wildman–Crippen LogP) is 0.0871. The van der Waals surface area contributed by atoms with Crippen molar-refractivity contribution < 1.29 is 18.3 Å². The van der Waals surface area contributed by atoms with Gasteiger partial charge in [0, 0.05) is 39.3 Å². The van der Waals surface area contributed by atoms with Gasteiger partial charge < -0.3 is 14.7 Å². The molecule has 1 aliphatic heterocycles. The van der Waals surface area contributed by atoms with Crippen LogP contribution in [0.4, 0.5) is 5.69 Å². The van der Waals surface area contributed by atoms with Crippen LogP contribution in [0.3, 0.4) is 0 Å². The highest BCUT2D eigenvalue weighted by atomic mass is 32.2. The number of sulfonamides is 1. The van der Waals surface area contributed by atoms with E-state index < -0.39 is 16.1 Å². The van der Waals surface area contributed by atoms with Gasteiger partial charge >= 0.3 is 0 Å². The third kappa shape index (κ3) is 3.34. The van der Waals surface area contributed by atoms with Crippen LogP contribution in [0.2, 0.25) is 0 Å². The van der Waals surface area contributed by atoms with E-state index in [2.05, 4.69) is 4.98 Å². The van der Waals surface area contributed by atoms with Gasteiger partial charge in [-0.1, -0.05) is 0 Å². The first-order chi connectivity index (χ1) is 10.3. The number of aliphatic hydroxyl groups excluding tert-OH is 1. The monoisotopic (exact) mass is 329 g/mol. The molecule has 124 valence electrons. The minimum atomic E-state index is -3.34. The van der Waals surface area contributed by atoms with Crippen molar-refractivity contribution in [3.8, 4) is 5.75 Å². The number of anilines is 1. The van der Waals surface area contributed by atoms with Gasteiger partial charge in [-0.25, -0.2) is 12.7 Å². The van der Waals surface area contributed by atoms with Crippen LogP contribution in [-0.4, -0.2) is 69.0 Å². The lowest BCUT2D eigenvalue weighted by atomic mass is 10.1. The zero-order valence-corrected chi connectivity index (χ0v) is 14.2. The molecule has 1 aromatic rings. The summed E-state index contributed by atoms with van der Waals surface area (Å²) in [7, 11) is 1.24. The number of pyridine rings is 1. The lowest BCUT2D eigenvalue weighted by Crippen LogP contribution is -2.33. The number of rotatable bonds is 5. The Labute approximate surface area is 131 Å². The first-order valence-electron chi connectivity index (χ1n) is 7.09. The van der Waals surface area contributed by atoms with Gasteiger partial charge in [0.15, 0.2) is 5.75 Å². The van der Waals surface area contributed by atoms with Crippen molar-refractivity contribution in [2.45, 2.75) is 13.0 Å². The van der Waals surface area contributed by atoms with Gasteiger partial charge in [0.2, 0.25) is 10.0 Å². The molecular weight excluding hydrogens is 306 g/mol. The fourth-order valence-electron chi connectivity index (χ4n) is 2.67. The Morgan fingerprint density at radius 3 is 2.73 bits per heavy atom. The van der Waals surface area contributed by atoms with Gasteiger partial charge in [0.05, 0.1) is 30.3 Å². The van der Waals surface area contributed by atoms with Crippen LogP contribution in [-0.2, 0) is 10.0 Å². The third-order valence-corrected chi connectivity index (χ3v) is 5.96. The van der Waals surface area contributed by atoms with E-state index in [1.54, 1.807) is 13.3 Å². The lowest BCUT2D eigenvalue weighted by Gasteiger charge is -2.22. The zero-order chi connectivity index (χ0) is 16.5. The summed E-state index contributed by atoms with van der Waals surface area (Å²) in [6.07, 6.45) is 0.997. The molecule has 1 aromatic heterocycles. The molecule has 0 spiro atoms. The second-order valence-corrected chi connectivity index (χ2v) is 7.97. The number of ether oxygens (including phenoxy) is 1. The third-order valence-electron chi connectivity index (χ3n) is 3.99. The molecule has 2 atom stereocenters. The normalized spacial score (nSPS) is 22.4. The highest BCUT2D eigenvalue weighted by molar-refractivity contribution is 7.89. The molecule has 7 nitrogen and oxygen atoms in total. The second-order valence-electron chi connectivity index (χ2n) is 5.74. The van der Waals surface area contributed by atoms with E-state index in [1.165, 1.54) is 18.4 Å². The summed E-state index contributed by atoms with van der Waals surface area (Å²) in [5.41, 5.74) is 1.60. The zero-order valence-electron chi connectivity index (χ0n) is 13.4. The van der Waals surface area contributed by atoms with Gasteiger partial charge in [-0.3, -0.25) is 4.98 Å². The van der Waals surface area contributed by atoms with Crippen molar-refractivity contribution in [3.63, 3.8) is 0 Å². The van der Waals surface area contributed by atoms with E-state index in [0.717, 1.165) is 11.4 Å². The van der Waals surface area contributed by atoms with Gasteiger partial charge in [0.25, 0.3) is 0 Å². The van der Waals surface area contributed by atoms with Crippen molar-refractivity contribution >= 4 is 15.7 Å². The Kier molecular flexibility index (Phi) is 4.93. The average molecular weight is 329 g/mol. The van der Waals surface area contributed by atoms with Crippen LogP contribution in [0.25, 0.3) is 0 Å². The molecule has 1 aliphatic rings. The maximum Gasteiger partial charge on any atom is 0.214 e. The van der Waals surface area contributed by atoms with E-state index in [-0.39, 0.29) is 11.7 Å². The molecule has 1 N–H and O–H groups in total. The van der Waals surface area contributed by atoms with Gasteiger partial charge in [-0.05, 0) is 13.0 Å². The Morgan fingerprint density at radius 2 is 2.14 bits per heavy atom. The quantitative estimate of drug-likeness (QED) is 0.824. The Morgan fingerprint density at radius 1 is 1.45 bits per heavy atom. The van der Waals surface area contributed by atoms with Crippen LogP contribution in [0, 0.1) is 12.8 Å². The Bertz CT molecular complexity index is 633. The number of hydrogen-bond donors (Lipinski definition) is 1. The molecule has 0 aliphatic carbocycles. The molecule has 1 saturated heterocycles. The highest BCUT2D eigenvalue weighted by Gasteiger charge is 2.36. The summed E-state index contributed by atoms with van der Waals surface area (Å²) in [6.45, 7) is 2.70. The van der Waals surface area contributed by atoms with Crippen molar-refractivity contribution in [2.24, 2.45) is 5.92 Å². The number of nitrogens with zero attached hydrogens (tertiary/aromatic N) is 3. The number of hydrogen-bond acceptors (Lipinski definition) is 6. The van der Waals surface area contributed by atoms with Crippen LogP contribution in [0.15, 0.2) is 12.3 Å². The van der Waals surface area contributed by atoms with Crippen molar-refractivity contribution in [1.29, 1.82) is 0 Å². The second kappa shape index (κ2) is 6.39. The minimum absolute atomic E-state index is 0.0654. The Balaban J connectivity index is 2.20. The maximum absolute atomic E-state index is 12.0. The molecule has 0 bridgehead atoms. The molecule has 0 aromatic carbocycles. The summed E-state index contributed by atoms with van der Waals surface area (Å²) >= 11 is 0. The van der Waals surface area contributed by atoms with E-state index in [1.807, 2.05) is 17.9 Å². The molecule has 0 saturated carbocycles. The molecule has 22 heavy (non-hydrogen) atoms. The summed E-state index contributed by atoms with van der Waals surface area (Å²) in [6, 6.07) is 1.82. The summed E-state index contributed by atoms with van der Waals surface area (Å²) < 4.78 is 30.6. The fraction of sp³-hybridized carbons (Fsp3) is 0.643. The number of β-amino-alcohol motifs (C(OH)–C–C–N with tert-alkyl or cyclic N) is 1. The number of aliphatic hydroxyl groups is 1. The maximum atomic E-state index is 12.0. The smallest absolute Gasteiger partial charge is 0.214 e. The largest absolute Gasteiger partial charge is 0.493 e. The first-order valence-corrected chi connectivity index (χ1v) is 8.70. The predicted molar refractivity (Wildman–Crippen MR) is 84.7 cm³/mol. The van der Waals surface area contributed by atoms with E-state index in [9.17, 15) is 13.5 Å². The van der Waals surface area contributed by atoms with E-state index in [4.69, 9.17) is 4.74 Å². The minimum Gasteiger partial charge on any atom is -0.493 e. The average Bonchev–Trinajstić information content (AvgIpc) is 2.79. The SMILES string of the molecule is COc1c(N2C[C@@H](CS(=O)(=O)N(C)C)[C@@H](O)C2)ccnc1C. The highest BCUT2D eigenvalue weighted by Crippen LogP contribution is 2.34. The summed E-state index contributed by atoms with van der Waals surface area (Å²) in [5.74, 6) is 0.265. The molecule has 1 fully saturated rings. The molecule has 0 radical (unpaired) electrons. The molecule has 2 rings (SSSR count). The molecular formula is C14H23N3O4S. The van der Waals surface area contributed by atoms with Gasteiger partial charge in [-0.15, -0.1) is 0 Å². The molecule has 0 amide bonds. The Hall–Kier alpha value is -1.38. The number of methoxy groups -OCH3 is 1. The summed E-state index contributed by atoms with van der Waals surface area (Å²) in [4.78, 5) is 6.14. The van der Waals surface area contributed by atoms with Crippen LogP contribution in [0.1, 0.15) is 5.69 Å². The van der Waals surface area contributed by atoms with Crippen molar-refractivity contribution in [3.05, 3.63) is 18.0 Å². The topological polar surface area (TPSA) is 83.0 Å². The van der Waals surface area contributed by atoms with Gasteiger partial charge in [0.1, 0.15) is 0 Å². The van der Waals surface area contributed by atoms with Gasteiger partial charge in [-0.2, -0.15) is 0 Å². The molecule has 0 unspecified atom stereocenters. The summed E-state index contributed by atoms with van der Waals surface area (Å²) in [5, 5.41) is 10.2. The number of aromatic nitrogens is 1. The van der Waals surface area contributed by atoms with Crippen LogP contribution < -0.4 is 9.64 Å².